The van der Waals surface area contributed by atoms with Gasteiger partial charge in [0.1, 0.15) is 12.7 Å². The molecule has 168 valence electrons. The molecular weight excluding hydrogens is 414 g/mol. The number of hydrogen-bond acceptors (Lipinski definition) is 11. The van der Waals surface area contributed by atoms with E-state index in [1.54, 1.807) is 19.0 Å². The quantitative estimate of drug-likeness (QED) is 0.460. The first-order valence-corrected chi connectivity index (χ1v) is 9.36. The average molecular weight is 437 g/mol. The summed E-state index contributed by atoms with van der Waals surface area (Å²) in [6, 6.07) is 0. The molecule has 1 fully saturated rings. The predicted molar refractivity (Wildman–Crippen MR) is 104 cm³/mol. The minimum atomic E-state index is -1.11. The number of ether oxygens (including phenoxy) is 4. The normalized spacial score (nSPS) is 22.9. The van der Waals surface area contributed by atoms with Gasteiger partial charge in [-0.3, -0.25) is 28.7 Å². The topological polar surface area (TPSA) is 155 Å². The lowest BCUT2D eigenvalue weighted by Crippen LogP contribution is -2.40. The van der Waals surface area contributed by atoms with Gasteiger partial charge in [0.25, 0.3) is 5.56 Å². The van der Waals surface area contributed by atoms with Gasteiger partial charge in [0.05, 0.1) is 6.33 Å². The molecule has 13 nitrogen and oxygen atoms in total. The van der Waals surface area contributed by atoms with E-state index in [2.05, 4.69) is 15.0 Å². The second kappa shape index (κ2) is 8.71. The molecule has 1 aliphatic rings. The lowest BCUT2D eigenvalue weighted by Gasteiger charge is -2.23. The molecule has 1 N–H and O–H groups in total. The Bertz CT molecular complexity index is 1060. The summed E-state index contributed by atoms with van der Waals surface area (Å²) in [4.78, 5) is 59.8. The molecule has 0 spiro atoms. The number of carbonyl (C=O) groups excluding carboxylic acids is 3. The minimum absolute atomic E-state index is 0.0447. The zero-order valence-electron chi connectivity index (χ0n) is 17.6. The van der Waals surface area contributed by atoms with Crippen LogP contribution in [0.15, 0.2) is 11.1 Å². The fourth-order valence-corrected chi connectivity index (χ4v) is 3.23. The molecule has 2 aromatic heterocycles. The lowest BCUT2D eigenvalue weighted by atomic mass is 10.1. The number of H-pyrrole nitrogens is 1. The Kier molecular flexibility index (Phi) is 6.24. The molecule has 3 rings (SSSR count). The maximum Gasteiger partial charge on any atom is 0.303 e. The summed E-state index contributed by atoms with van der Waals surface area (Å²) in [6.07, 6.45) is -2.85. The Morgan fingerprint density at radius 2 is 1.77 bits per heavy atom. The number of aromatic nitrogens is 4. The zero-order valence-corrected chi connectivity index (χ0v) is 17.6. The molecule has 0 aromatic carbocycles. The van der Waals surface area contributed by atoms with Gasteiger partial charge >= 0.3 is 17.9 Å². The van der Waals surface area contributed by atoms with E-state index in [-0.39, 0.29) is 23.7 Å². The van der Waals surface area contributed by atoms with Gasteiger partial charge in [-0.25, -0.2) is 4.98 Å². The second-order valence-electron chi connectivity index (χ2n) is 7.12. The van der Waals surface area contributed by atoms with Crippen LogP contribution in [-0.4, -0.2) is 76.4 Å². The molecule has 4 atom stereocenters. The van der Waals surface area contributed by atoms with Crippen molar-refractivity contribution < 1.29 is 33.3 Å². The Balaban J connectivity index is 2.08. The van der Waals surface area contributed by atoms with Gasteiger partial charge in [0.15, 0.2) is 29.6 Å². The number of esters is 3. The zero-order chi connectivity index (χ0) is 22.9. The van der Waals surface area contributed by atoms with E-state index in [1.165, 1.54) is 31.7 Å². The molecule has 0 radical (unpaired) electrons. The summed E-state index contributed by atoms with van der Waals surface area (Å²) in [5.74, 6) is -1.57. The second-order valence-corrected chi connectivity index (χ2v) is 7.12. The van der Waals surface area contributed by atoms with Crippen molar-refractivity contribution in [1.82, 2.24) is 19.5 Å². The van der Waals surface area contributed by atoms with E-state index < -0.39 is 48.0 Å². The summed E-state index contributed by atoms with van der Waals surface area (Å²) in [6.45, 7) is 3.36. The number of nitrogens with zero attached hydrogens (tertiary/aromatic N) is 4. The number of rotatable bonds is 6. The monoisotopic (exact) mass is 437 g/mol. The summed E-state index contributed by atoms with van der Waals surface area (Å²) in [7, 11) is 3.40. The lowest BCUT2D eigenvalue weighted by molar-refractivity contribution is -0.166. The SMILES string of the molecule is CC(=O)OC[C@H]1O[C@@H](n2cnc3c(=O)[nH]c(N(C)C)nc32)[C@@H](OC(C)=O)C1OC(C)=O. The van der Waals surface area contributed by atoms with Crippen LogP contribution in [0.4, 0.5) is 5.95 Å². The van der Waals surface area contributed by atoms with E-state index >= 15 is 0 Å². The first-order valence-electron chi connectivity index (χ1n) is 9.36. The van der Waals surface area contributed by atoms with Gasteiger partial charge in [0.2, 0.25) is 5.95 Å². The number of aromatic amines is 1. The van der Waals surface area contributed by atoms with Gasteiger partial charge in [-0.15, -0.1) is 0 Å². The molecule has 0 amide bonds. The van der Waals surface area contributed by atoms with Crippen LogP contribution in [0, 0.1) is 0 Å². The van der Waals surface area contributed by atoms with Gasteiger partial charge in [-0.2, -0.15) is 4.98 Å². The van der Waals surface area contributed by atoms with Crippen molar-refractivity contribution >= 4 is 35.0 Å². The third-order valence-electron chi connectivity index (χ3n) is 4.46. The summed E-state index contributed by atoms with van der Waals surface area (Å²) in [5, 5.41) is 0. The molecule has 1 aliphatic heterocycles. The fraction of sp³-hybridized carbons (Fsp3) is 0.556. The van der Waals surface area contributed by atoms with Crippen LogP contribution in [0.5, 0.6) is 0 Å². The van der Waals surface area contributed by atoms with Crippen molar-refractivity contribution in [3.8, 4) is 0 Å². The molecular formula is C18H23N5O8. The highest BCUT2D eigenvalue weighted by atomic mass is 16.7. The molecule has 0 bridgehead atoms. The third kappa shape index (κ3) is 4.66. The van der Waals surface area contributed by atoms with Crippen molar-refractivity contribution in [2.45, 2.75) is 45.3 Å². The van der Waals surface area contributed by atoms with Crippen molar-refractivity contribution in [3.05, 3.63) is 16.7 Å². The summed E-state index contributed by atoms with van der Waals surface area (Å²) < 4.78 is 23.1. The van der Waals surface area contributed by atoms with Crippen LogP contribution in [0.1, 0.15) is 27.0 Å². The number of imidazole rings is 1. The summed E-state index contributed by atoms with van der Waals surface area (Å²) in [5.41, 5.74) is -0.255. The highest BCUT2D eigenvalue weighted by Crippen LogP contribution is 2.35. The van der Waals surface area contributed by atoms with E-state index in [9.17, 15) is 19.2 Å². The maximum absolute atomic E-state index is 12.4. The van der Waals surface area contributed by atoms with Crippen LogP contribution in [0.2, 0.25) is 0 Å². The molecule has 31 heavy (non-hydrogen) atoms. The predicted octanol–water partition coefficient (Wildman–Crippen LogP) is -0.490. The van der Waals surface area contributed by atoms with Gasteiger partial charge in [-0.1, -0.05) is 0 Å². The first kappa shape index (κ1) is 22.2. The van der Waals surface area contributed by atoms with Crippen molar-refractivity contribution in [2.24, 2.45) is 0 Å². The molecule has 0 saturated carbocycles. The van der Waals surface area contributed by atoms with Crippen LogP contribution in [0.3, 0.4) is 0 Å². The van der Waals surface area contributed by atoms with Crippen LogP contribution in [-0.2, 0) is 33.3 Å². The smallest absolute Gasteiger partial charge is 0.303 e. The molecule has 1 saturated heterocycles. The standard InChI is InChI=1S/C18H23N5O8/c1-8(24)28-6-11-13(29-9(2)25)14(30-10(3)26)17(31-11)23-7-19-12-15(23)20-18(22(4)5)21-16(12)27/h7,11,13-14,17H,6H2,1-5H3,(H,20,21,27)/t11-,13?,14+,17-/m1/s1. The Labute approximate surface area is 176 Å². The third-order valence-corrected chi connectivity index (χ3v) is 4.46. The van der Waals surface area contributed by atoms with Crippen LogP contribution in [0.25, 0.3) is 11.2 Å². The maximum atomic E-state index is 12.4. The molecule has 13 heteroatoms. The Hall–Kier alpha value is -3.48. The van der Waals surface area contributed by atoms with E-state index in [4.69, 9.17) is 18.9 Å². The van der Waals surface area contributed by atoms with Crippen molar-refractivity contribution in [3.63, 3.8) is 0 Å². The summed E-state index contributed by atoms with van der Waals surface area (Å²) >= 11 is 0. The minimum Gasteiger partial charge on any atom is -0.463 e. The first-order chi connectivity index (χ1) is 14.6. The number of carbonyl (C=O) groups is 3. The fourth-order valence-electron chi connectivity index (χ4n) is 3.23. The highest BCUT2D eigenvalue weighted by molar-refractivity contribution is 5.71. The molecule has 2 aromatic rings. The number of fused-ring (bicyclic) bond motifs is 1. The number of anilines is 1. The Morgan fingerprint density at radius 3 is 2.35 bits per heavy atom. The van der Waals surface area contributed by atoms with Crippen LogP contribution >= 0.6 is 0 Å². The molecule has 3 heterocycles. The van der Waals surface area contributed by atoms with Crippen molar-refractivity contribution in [1.29, 1.82) is 0 Å². The molecule has 0 aliphatic carbocycles. The van der Waals surface area contributed by atoms with E-state index in [0.29, 0.717) is 0 Å². The highest BCUT2D eigenvalue weighted by Gasteiger charge is 2.51. The number of hydrogen-bond donors (Lipinski definition) is 1. The van der Waals surface area contributed by atoms with E-state index in [1.807, 2.05) is 0 Å². The largest absolute Gasteiger partial charge is 0.463 e. The Morgan fingerprint density at radius 1 is 1.13 bits per heavy atom. The molecule has 1 unspecified atom stereocenters. The van der Waals surface area contributed by atoms with Gasteiger partial charge in [0, 0.05) is 34.9 Å². The average Bonchev–Trinajstić information content (AvgIpc) is 3.21. The van der Waals surface area contributed by atoms with Crippen molar-refractivity contribution in [2.75, 3.05) is 25.6 Å². The van der Waals surface area contributed by atoms with Gasteiger partial charge < -0.3 is 23.8 Å². The van der Waals surface area contributed by atoms with Crippen LogP contribution < -0.4 is 10.5 Å². The number of nitrogens with one attached hydrogen (secondary N) is 1. The van der Waals surface area contributed by atoms with E-state index in [0.717, 1.165) is 0 Å². The van der Waals surface area contributed by atoms with Gasteiger partial charge in [-0.05, 0) is 0 Å².